The Hall–Kier alpha value is -2.09. The normalized spacial score (nSPS) is 17.3. The molecule has 2 amide bonds. The average Bonchev–Trinajstić information content (AvgIpc) is 2.62. The third kappa shape index (κ3) is 6.01. The second-order valence-corrected chi connectivity index (χ2v) is 5.92. The summed E-state index contributed by atoms with van der Waals surface area (Å²) in [6.07, 6.45) is 1.95. The molecule has 1 saturated heterocycles. The fourth-order valence-electron chi connectivity index (χ4n) is 2.91. The zero-order valence-corrected chi connectivity index (χ0v) is 15.2. The molecule has 8 heteroatoms. The number of urea groups is 1. The maximum Gasteiger partial charge on any atom is 0.387 e. The molecule has 1 N–H and O–H groups in total. The summed E-state index contributed by atoms with van der Waals surface area (Å²) in [5.41, 5.74) is 0.738. The lowest BCUT2D eigenvalue weighted by Gasteiger charge is -2.32. The summed E-state index contributed by atoms with van der Waals surface area (Å²) in [4.78, 5) is 14.1. The molecule has 1 aromatic carbocycles. The van der Waals surface area contributed by atoms with Gasteiger partial charge in [-0.3, -0.25) is 0 Å². The molecule has 1 fully saturated rings. The van der Waals surface area contributed by atoms with Crippen LogP contribution < -0.4 is 14.8 Å². The fourth-order valence-corrected chi connectivity index (χ4v) is 2.91. The molecule has 0 saturated carbocycles. The number of hydrogen-bond donors (Lipinski definition) is 1. The van der Waals surface area contributed by atoms with E-state index in [1.807, 2.05) is 6.92 Å². The van der Waals surface area contributed by atoms with E-state index in [9.17, 15) is 13.6 Å². The first kappa shape index (κ1) is 20.2. The van der Waals surface area contributed by atoms with Crippen molar-refractivity contribution in [3.8, 4) is 11.5 Å². The maximum atomic E-state index is 12.4. The minimum absolute atomic E-state index is 0.0208. The molecular formula is C18H26F2N2O4. The van der Waals surface area contributed by atoms with Crippen LogP contribution in [-0.4, -0.2) is 49.9 Å². The van der Waals surface area contributed by atoms with Crippen LogP contribution in [-0.2, 0) is 11.3 Å². The number of ether oxygens (including phenoxy) is 3. The standard InChI is InChI=1S/C18H26F2N2O4/c1-3-24-14-6-5-9-22(12-14)18(23)21-11-13-7-8-15(26-17(19)20)16(10-13)25-4-2/h7-8,10,14,17H,3-6,9,11-12H2,1-2H3,(H,21,23). The zero-order valence-electron chi connectivity index (χ0n) is 15.2. The van der Waals surface area contributed by atoms with Gasteiger partial charge >= 0.3 is 12.6 Å². The molecule has 1 aliphatic heterocycles. The van der Waals surface area contributed by atoms with Crippen molar-refractivity contribution in [2.24, 2.45) is 0 Å². The molecule has 1 atom stereocenters. The van der Waals surface area contributed by atoms with Gasteiger partial charge in [0.05, 0.1) is 12.7 Å². The SMILES string of the molecule is CCOc1cc(CNC(=O)N2CCCC(OCC)C2)ccc1OC(F)F. The molecule has 1 heterocycles. The number of amides is 2. The van der Waals surface area contributed by atoms with Crippen LogP contribution in [0, 0.1) is 0 Å². The van der Waals surface area contributed by atoms with Gasteiger partial charge in [-0.1, -0.05) is 6.07 Å². The highest BCUT2D eigenvalue weighted by Gasteiger charge is 2.23. The summed E-state index contributed by atoms with van der Waals surface area (Å²) < 4.78 is 40.3. The van der Waals surface area contributed by atoms with Crippen LogP contribution in [0.25, 0.3) is 0 Å². The number of carbonyl (C=O) groups is 1. The van der Waals surface area contributed by atoms with Crippen molar-refractivity contribution in [2.45, 2.75) is 45.9 Å². The zero-order chi connectivity index (χ0) is 18.9. The van der Waals surface area contributed by atoms with Gasteiger partial charge in [0.25, 0.3) is 0 Å². The lowest BCUT2D eigenvalue weighted by atomic mass is 10.1. The van der Waals surface area contributed by atoms with Crippen molar-refractivity contribution >= 4 is 6.03 Å². The van der Waals surface area contributed by atoms with Crippen LogP contribution >= 0.6 is 0 Å². The topological polar surface area (TPSA) is 60.0 Å². The van der Waals surface area contributed by atoms with E-state index >= 15 is 0 Å². The van der Waals surface area contributed by atoms with E-state index in [-0.39, 0.29) is 30.2 Å². The number of halogens is 2. The van der Waals surface area contributed by atoms with Crippen molar-refractivity contribution in [1.29, 1.82) is 0 Å². The Labute approximate surface area is 152 Å². The Kier molecular flexibility index (Phi) is 7.90. The predicted molar refractivity (Wildman–Crippen MR) is 92.7 cm³/mol. The molecule has 2 rings (SSSR count). The predicted octanol–water partition coefficient (Wildman–Crippen LogP) is 3.40. The summed E-state index contributed by atoms with van der Waals surface area (Å²) >= 11 is 0. The Morgan fingerprint density at radius 1 is 1.31 bits per heavy atom. The molecule has 1 aliphatic rings. The first-order chi connectivity index (χ1) is 12.5. The Morgan fingerprint density at radius 3 is 2.81 bits per heavy atom. The van der Waals surface area contributed by atoms with Crippen molar-refractivity contribution in [2.75, 3.05) is 26.3 Å². The van der Waals surface area contributed by atoms with Crippen LogP contribution in [0.2, 0.25) is 0 Å². The molecule has 0 aliphatic carbocycles. The lowest BCUT2D eigenvalue weighted by Crippen LogP contribution is -2.47. The quantitative estimate of drug-likeness (QED) is 0.760. The highest BCUT2D eigenvalue weighted by molar-refractivity contribution is 5.74. The molecule has 1 aromatic rings. The highest BCUT2D eigenvalue weighted by atomic mass is 19.3. The van der Waals surface area contributed by atoms with E-state index in [0.717, 1.165) is 18.4 Å². The number of hydrogen-bond acceptors (Lipinski definition) is 4. The fraction of sp³-hybridized carbons (Fsp3) is 0.611. The molecule has 1 unspecified atom stereocenters. The number of nitrogens with zero attached hydrogens (tertiary/aromatic N) is 1. The van der Waals surface area contributed by atoms with Gasteiger partial charge in [0.1, 0.15) is 0 Å². The minimum Gasteiger partial charge on any atom is -0.490 e. The molecule has 0 radical (unpaired) electrons. The number of rotatable bonds is 8. The van der Waals surface area contributed by atoms with Gasteiger partial charge in [-0.05, 0) is 44.4 Å². The van der Waals surface area contributed by atoms with Crippen LogP contribution in [0.3, 0.4) is 0 Å². The number of piperidine rings is 1. The summed E-state index contributed by atoms with van der Waals surface area (Å²) in [6, 6.07) is 4.48. The van der Waals surface area contributed by atoms with Crippen molar-refractivity contribution in [3.05, 3.63) is 23.8 Å². The molecule has 26 heavy (non-hydrogen) atoms. The highest BCUT2D eigenvalue weighted by Crippen LogP contribution is 2.29. The third-order valence-electron chi connectivity index (χ3n) is 4.04. The van der Waals surface area contributed by atoms with E-state index in [2.05, 4.69) is 10.1 Å². The third-order valence-corrected chi connectivity index (χ3v) is 4.04. The first-order valence-electron chi connectivity index (χ1n) is 8.88. The number of benzene rings is 1. The Bertz CT molecular complexity index is 584. The van der Waals surface area contributed by atoms with E-state index in [0.29, 0.717) is 26.3 Å². The van der Waals surface area contributed by atoms with Gasteiger partial charge in [0.15, 0.2) is 11.5 Å². The Balaban J connectivity index is 1.93. The van der Waals surface area contributed by atoms with E-state index < -0.39 is 6.61 Å². The summed E-state index contributed by atoms with van der Waals surface area (Å²) in [5, 5.41) is 2.85. The van der Waals surface area contributed by atoms with E-state index in [4.69, 9.17) is 9.47 Å². The molecule has 0 spiro atoms. The van der Waals surface area contributed by atoms with Crippen LogP contribution in [0.4, 0.5) is 13.6 Å². The minimum atomic E-state index is -2.92. The summed E-state index contributed by atoms with van der Waals surface area (Å²) in [6.45, 7) is 3.27. The van der Waals surface area contributed by atoms with Gasteiger partial charge in [-0.15, -0.1) is 0 Å². The summed E-state index contributed by atoms with van der Waals surface area (Å²) in [5.74, 6) is 0.210. The number of alkyl halides is 2. The number of likely N-dealkylation sites (tertiary alicyclic amines) is 1. The largest absolute Gasteiger partial charge is 0.490 e. The van der Waals surface area contributed by atoms with Crippen molar-refractivity contribution in [1.82, 2.24) is 10.2 Å². The van der Waals surface area contributed by atoms with Crippen LogP contribution in [0.1, 0.15) is 32.3 Å². The van der Waals surface area contributed by atoms with E-state index in [1.54, 1.807) is 24.0 Å². The molecular weight excluding hydrogens is 346 g/mol. The smallest absolute Gasteiger partial charge is 0.387 e. The molecule has 6 nitrogen and oxygen atoms in total. The number of nitrogens with one attached hydrogen (secondary N) is 1. The average molecular weight is 372 g/mol. The van der Waals surface area contributed by atoms with Crippen LogP contribution in [0.5, 0.6) is 11.5 Å². The number of carbonyl (C=O) groups excluding carboxylic acids is 1. The molecule has 0 bridgehead atoms. The van der Waals surface area contributed by atoms with Crippen molar-refractivity contribution in [3.63, 3.8) is 0 Å². The second kappa shape index (κ2) is 10.2. The second-order valence-electron chi connectivity index (χ2n) is 5.92. The monoisotopic (exact) mass is 372 g/mol. The van der Waals surface area contributed by atoms with Crippen LogP contribution in [0.15, 0.2) is 18.2 Å². The summed E-state index contributed by atoms with van der Waals surface area (Å²) in [7, 11) is 0. The lowest BCUT2D eigenvalue weighted by molar-refractivity contribution is -0.0514. The van der Waals surface area contributed by atoms with Gasteiger partial charge in [-0.25, -0.2) is 4.79 Å². The van der Waals surface area contributed by atoms with Gasteiger partial charge < -0.3 is 24.4 Å². The Morgan fingerprint density at radius 2 is 2.12 bits per heavy atom. The maximum absolute atomic E-state index is 12.4. The molecule has 146 valence electrons. The van der Waals surface area contributed by atoms with E-state index in [1.165, 1.54) is 6.07 Å². The first-order valence-corrected chi connectivity index (χ1v) is 8.88. The van der Waals surface area contributed by atoms with Gasteiger partial charge in [-0.2, -0.15) is 8.78 Å². The van der Waals surface area contributed by atoms with Gasteiger partial charge in [0.2, 0.25) is 0 Å². The van der Waals surface area contributed by atoms with Gasteiger partial charge in [0, 0.05) is 26.2 Å². The molecule has 0 aromatic heterocycles. The van der Waals surface area contributed by atoms with Crippen molar-refractivity contribution < 1.29 is 27.8 Å².